The largest absolute Gasteiger partial charge is 0.479 e. The van der Waals surface area contributed by atoms with E-state index in [-0.39, 0.29) is 0 Å². The molecule has 3 rings (SSSR count). The normalized spacial score (nSPS) is 16.4. The third-order valence-corrected chi connectivity index (χ3v) is 4.87. The molecule has 2 aromatic rings. The summed E-state index contributed by atoms with van der Waals surface area (Å²) < 4.78 is 6.02. The number of hydrogen-bond donors (Lipinski definition) is 1. The van der Waals surface area contributed by atoms with Crippen molar-refractivity contribution >= 4 is 22.3 Å². The summed E-state index contributed by atoms with van der Waals surface area (Å²) in [5.74, 6) is -0.934. The molecule has 1 aliphatic carbocycles. The predicted molar refractivity (Wildman–Crippen MR) is 106 cm³/mol. The number of allylic oxidation sites excluding steroid dienone is 2. The average Bonchev–Trinajstić information content (AvgIpc) is 2.58. The van der Waals surface area contributed by atoms with Crippen LogP contribution in [-0.4, -0.2) is 16.7 Å². The molecular formula is C23H28O3. The molecule has 0 saturated carbocycles. The van der Waals surface area contributed by atoms with E-state index in [0.29, 0.717) is 0 Å². The van der Waals surface area contributed by atoms with E-state index in [2.05, 4.69) is 24.3 Å². The Labute approximate surface area is 155 Å². The van der Waals surface area contributed by atoms with Gasteiger partial charge in [0.15, 0.2) is 6.10 Å². The Hall–Kier alpha value is -2.13. The number of hydrogen-bond acceptors (Lipinski definition) is 2. The fraction of sp³-hybridized carbons (Fsp3) is 0.435. The molecule has 0 heterocycles. The molecule has 3 nitrogen and oxygen atoms in total. The van der Waals surface area contributed by atoms with E-state index in [4.69, 9.17) is 4.74 Å². The van der Waals surface area contributed by atoms with Crippen molar-refractivity contribution in [3.05, 3.63) is 53.1 Å². The monoisotopic (exact) mass is 352 g/mol. The molecule has 0 amide bonds. The summed E-state index contributed by atoms with van der Waals surface area (Å²) in [6.45, 7) is 7.70. The first kappa shape index (κ1) is 18.7. The van der Waals surface area contributed by atoms with Crippen LogP contribution in [0.1, 0.15) is 69.2 Å². The minimum atomic E-state index is -0.975. The van der Waals surface area contributed by atoms with Crippen LogP contribution in [0.2, 0.25) is 0 Å². The van der Waals surface area contributed by atoms with Gasteiger partial charge in [-0.3, -0.25) is 0 Å². The maximum atomic E-state index is 12.2. The van der Waals surface area contributed by atoms with Crippen molar-refractivity contribution in [1.29, 1.82) is 0 Å². The van der Waals surface area contributed by atoms with Crippen LogP contribution in [0.5, 0.6) is 0 Å². The van der Waals surface area contributed by atoms with Gasteiger partial charge in [0.1, 0.15) is 0 Å². The van der Waals surface area contributed by atoms with Gasteiger partial charge in [-0.25, -0.2) is 4.79 Å². The van der Waals surface area contributed by atoms with Gasteiger partial charge in [0.25, 0.3) is 0 Å². The first-order valence-electron chi connectivity index (χ1n) is 9.40. The molecule has 138 valence electrons. The smallest absolute Gasteiger partial charge is 0.337 e. The highest BCUT2D eigenvalue weighted by molar-refractivity contribution is 5.98. The third kappa shape index (κ3) is 3.83. The van der Waals surface area contributed by atoms with Gasteiger partial charge < -0.3 is 9.84 Å². The van der Waals surface area contributed by atoms with Crippen LogP contribution < -0.4 is 0 Å². The zero-order chi connectivity index (χ0) is 18.9. The molecule has 1 aliphatic rings. The first-order chi connectivity index (χ1) is 12.3. The lowest BCUT2D eigenvalue weighted by Crippen LogP contribution is -2.28. The van der Waals surface area contributed by atoms with E-state index in [1.807, 2.05) is 39.8 Å². The average molecular weight is 352 g/mol. The van der Waals surface area contributed by atoms with Gasteiger partial charge >= 0.3 is 5.97 Å². The van der Waals surface area contributed by atoms with Crippen LogP contribution in [0.3, 0.4) is 0 Å². The van der Waals surface area contributed by atoms with Crippen molar-refractivity contribution in [3.8, 4) is 0 Å². The molecule has 0 aromatic heterocycles. The van der Waals surface area contributed by atoms with E-state index in [1.165, 1.54) is 12.0 Å². The van der Waals surface area contributed by atoms with E-state index in [0.717, 1.165) is 46.7 Å². The Kier molecular flexibility index (Phi) is 5.19. The molecule has 3 heteroatoms. The zero-order valence-corrected chi connectivity index (χ0v) is 16.1. The number of aryl methyl sites for hydroxylation is 1. The Bertz CT molecular complexity index is 856. The van der Waals surface area contributed by atoms with Gasteiger partial charge in [0.05, 0.1) is 5.60 Å². The Balaban J connectivity index is 2.30. The van der Waals surface area contributed by atoms with E-state index in [1.54, 1.807) is 0 Å². The van der Waals surface area contributed by atoms with Gasteiger partial charge in [0.2, 0.25) is 0 Å². The second kappa shape index (κ2) is 7.24. The summed E-state index contributed by atoms with van der Waals surface area (Å²) >= 11 is 0. The number of aliphatic carboxylic acids is 1. The van der Waals surface area contributed by atoms with Crippen LogP contribution in [0.4, 0.5) is 0 Å². The third-order valence-electron chi connectivity index (χ3n) is 4.87. The number of benzene rings is 2. The molecule has 0 spiro atoms. The summed E-state index contributed by atoms with van der Waals surface area (Å²) in [4.78, 5) is 12.2. The lowest BCUT2D eigenvalue weighted by atomic mass is 9.83. The Morgan fingerprint density at radius 2 is 1.92 bits per heavy atom. The quantitative estimate of drug-likeness (QED) is 0.729. The van der Waals surface area contributed by atoms with Crippen molar-refractivity contribution in [2.75, 3.05) is 0 Å². The van der Waals surface area contributed by atoms with E-state index in [9.17, 15) is 9.90 Å². The molecule has 0 fully saturated rings. The van der Waals surface area contributed by atoms with Gasteiger partial charge in [-0.2, -0.15) is 0 Å². The minimum Gasteiger partial charge on any atom is -0.479 e. The van der Waals surface area contributed by atoms with Crippen molar-refractivity contribution in [1.82, 2.24) is 0 Å². The highest BCUT2D eigenvalue weighted by atomic mass is 16.5. The molecule has 1 atom stereocenters. The van der Waals surface area contributed by atoms with Crippen LogP contribution in [0.15, 0.2) is 36.4 Å². The summed E-state index contributed by atoms with van der Waals surface area (Å²) in [7, 11) is 0. The number of fused-ring (bicyclic) bond motifs is 1. The highest BCUT2D eigenvalue weighted by Gasteiger charge is 2.32. The summed E-state index contributed by atoms with van der Waals surface area (Å²) in [5.41, 5.74) is 3.56. The Morgan fingerprint density at radius 1 is 1.19 bits per heavy atom. The summed E-state index contributed by atoms with van der Waals surface area (Å²) in [5, 5.41) is 12.2. The van der Waals surface area contributed by atoms with Gasteiger partial charge in [-0.15, -0.1) is 0 Å². The number of ether oxygens (including phenoxy) is 1. The fourth-order valence-electron chi connectivity index (χ4n) is 3.84. The van der Waals surface area contributed by atoms with Crippen molar-refractivity contribution in [3.63, 3.8) is 0 Å². The van der Waals surface area contributed by atoms with Crippen LogP contribution in [0.25, 0.3) is 16.3 Å². The zero-order valence-electron chi connectivity index (χ0n) is 16.1. The molecular weight excluding hydrogens is 324 g/mol. The van der Waals surface area contributed by atoms with Gasteiger partial charge in [-0.05, 0) is 80.9 Å². The molecule has 2 aromatic carbocycles. The minimum absolute atomic E-state index is 0.542. The maximum absolute atomic E-state index is 12.2. The summed E-state index contributed by atoms with van der Waals surface area (Å²) in [6, 6.07) is 10.3. The predicted octanol–water partition coefficient (Wildman–Crippen LogP) is 6.05. The SMILES string of the molecule is Cc1cc2ccccc2c(C2=CCCCC2)c1C(OC(C)(C)C)C(=O)O. The molecule has 0 radical (unpaired) electrons. The van der Waals surface area contributed by atoms with Crippen molar-refractivity contribution in [2.24, 2.45) is 0 Å². The molecule has 0 bridgehead atoms. The first-order valence-corrected chi connectivity index (χ1v) is 9.40. The second-order valence-corrected chi connectivity index (χ2v) is 8.13. The number of carboxylic acids is 1. The van der Waals surface area contributed by atoms with Gasteiger partial charge in [0, 0.05) is 5.56 Å². The lowest BCUT2D eigenvalue weighted by molar-refractivity contribution is -0.160. The van der Waals surface area contributed by atoms with Crippen LogP contribution in [0, 0.1) is 6.92 Å². The molecule has 0 saturated heterocycles. The summed E-state index contributed by atoms with van der Waals surface area (Å²) in [6.07, 6.45) is 5.69. The highest BCUT2D eigenvalue weighted by Crippen LogP contribution is 2.40. The van der Waals surface area contributed by atoms with Crippen LogP contribution >= 0.6 is 0 Å². The van der Waals surface area contributed by atoms with Crippen molar-refractivity contribution in [2.45, 2.75) is 65.1 Å². The second-order valence-electron chi connectivity index (χ2n) is 8.13. The fourth-order valence-corrected chi connectivity index (χ4v) is 3.84. The number of carboxylic acid groups (broad SMARTS) is 1. The topological polar surface area (TPSA) is 46.5 Å². The Morgan fingerprint density at radius 3 is 2.54 bits per heavy atom. The lowest BCUT2D eigenvalue weighted by Gasteiger charge is -2.29. The van der Waals surface area contributed by atoms with E-state index < -0.39 is 17.7 Å². The maximum Gasteiger partial charge on any atom is 0.337 e. The number of rotatable bonds is 4. The van der Waals surface area contributed by atoms with Gasteiger partial charge in [-0.1, -0.05) is 36.4 Å². The van der Waals surface area contributed by atoms with Crippen molar-refractivity contribution < 1.29 is 14.6 Å². The van der Waals surface area contributed by atoms with E-state index >= 15 is 0 Å². The molecule has 26 heavy (non-hydrogen) atoms. The molecule has 1 unspecified atom stereocenters. The standard InChI is InChI=1S/C23H28O3/c1-15-14-17-12-8-9-13-18(17)20(16-10-6-5-7-11-16)19(15)21(22(24)25)26-23(2,3)4/h8-10,12-14,21H,5-7,11H2,1-4H3,(H,24,25). The van der Waals surface area contributed by atoms with Crippen LogP contribution in [-0.2, 0) is 9.53 Å². The molecule has 1 N–H and O–H groups in total. The molecule has 0 aliphatic heterocycles. The number of carbonyl (C=O) groups is 1.